The van der Waals surface area contributed by atoms with Crippen molar-refractivity contribution < 1.29 is 14.0 Å². The number of nitrogens with one attached hydrogen (secondary N) is 1. The Hall–Kier alpha value is -4.53. The molecule has 2 aromatic heterocycles. The zero-order valence-electron chi connectivity index (χ0n) is 21.2. The Morgan fingerprint density at radius 3 is 2.55 bits per heavy atom. The van der Waals surface area contributed by atoms with Gasteiger partial charge >= 0.3 is 0 Å². The van der Waals surface area contributed by atoms with E-state index in [1.54, 1.807) is 11.6 Å². The summed E-state index contributed by atoms with van der Waals surface area (Å²) in [4.78, 5) is 39.1. The van der Waals surface area contributed by atoms with Crippen molar-refractivity contribution >= 4 is 29.0 Å². The third-order valence-corrected chi connectivity index (χ3v) is 7.45. The van der Waals surface area contributed by atoms with Crippen LogP contribution in [0.1, 0.15) is 21.7 Å². The van der Waals surface area contributed by atoms with Crippen LogP contribution in [0.3, 0.4) is 0 Å². The smallest absolute Gasteiger partial charge is 0.298 e. The van der Waals surface area contributed by atoms with Crippen molar-refractivity contribution in [2.24, 2.45) is 7.05 Å². The molecule has 0 spiro atoms. The number of hydrogen-bond donors (Lipinski definition) is 1. The van der Waals surface area contributed by atoms with Crippen molar-refractivity contribution in [2.75, 3.05) is 34.8 Å². The van der Waals surface area contributed by atoms with Gasteiger partial charge in [-0.25, -0.2) is 14.4 Å². The van der Waals surface area contributed by atoms with Crippen molar-refractivity contribution in [2.45, 2.75) is 19.4 Å². The first kappa shape index (κ1) is 23.8. The standard InChI is InChI=1S/C29H27FN6O2/c1-18-12-24(19-6-4-3-5-7-19)26(34(18)2)27(37)28(38)33-22-8-9-25-20(13-22)14-23-17-35(10-11-36(23)25)29-31-15-21(30)16-32-29/h3-9,12-13,15-16,23H,10-11,14,17H2,1-2H3,(H,33,38)/t23-/m1/s1. The first-order chi connectivity index (χ1) is 18.4. The number of halogens is 1. The Kier molecular flexibility index (Phi) is 5.90. The van der Waals surface area contributed by atoms with Crippen LogP contribution < -0.4 is 15.1 Å². The van der Waals surface area contributed by atoms with E-state index in [9.17, 15) is 14.0 Å². The minimum absolute atomic E-state index is 0.222. The number of anilines is 3. The number of piperazine rings is 1. The van der Waals surface area contributed by atoms with Crippen molar-refractivity contribution in [1.82, 2.24) is 14.5 Å². The number of benzene rings is 2. The summed E-state index contributed by atoms with van der Waals surface area (Å²) in [5.74, 6) is -1.17. The van der Waals surface area contributed by atoms with Gasteiger partial charge in [0.05, 0.1) is 18.4 Å². The Balaban J connectivity index is 1.18. The van der Waals surface area contributed by atoms with Crippen LogP contribution in [0, 0.1) is 12.7 Å². The van der Waals surface area contributed by atoms with Crippen molar-refractivity contribution in [3.05, 3.63) is 89.8 Å². The van der Waals surface area contributed by atoms with Crippen molar-refractivity contribution in [3.63, 3.8) is 0 Å². The molecule has 1 fully saturated rings. The molecule has 0 bridgehead atoms. The van der Waals surface area contributed by atoms with Crippen LogP contribution in [-0.4, -0.2) is 51.9 Å². The fourth-order valence-electron chi connectivity index (χ4n) is 5.50. The molecular formula is C29H27FN6O2. The summed E-state index contributed by atoms with van der Waals surface area (Å²) < 4.78 is 15.0. The minimum atomic E-state index is -0.668. The minimum Gasteiger partial charge on any atom is -0.364 e. The highest BCUT2D eigenvalue weighted by atomic mass is 19.1. The van der Waals surface area contributed by atoms with E-state index in [-0.39, 0.29) is 6.04 Å². The molecule has 9 heteroatoms. The Labute approximate surface area is 219 Å². The van der Waals surface area contributed by atoms with E-state index < -0.39 is 17.5 Å². The van der Waals surface area contributed by atoms with E-state index in [0.717, 1.165) is 54.1 Å². The van der Waals surface area contributed by atoms with E-state index in [1.165, 1.54) is 12.4 Å². The first-order valence-electron chi connectivity index (χ1n) is 12.6. The summed E-state index contributed by atoms with van der Waals surface area (Å²) in [6, 6.07) is 17.6. The summed E-state index contributed by atoms with van der Waals surface area (Å²) in [5.41, 5.74) is 5.73. The van der Waals surface area contributed by atoms with Gasteiger partial charge in [0.25, 0.3) is 11.7 Å². The second-order valence-corrected chi connectivity index (χ2v) is 9.80. The number of Topliss-reactive ketones (excluding diaryl/α,β-unsaturated/α-hetero) is 1. The van der Waals surface area contributed by atoms with Gasteiger partial charge in [-0.05, 0) is 48.7 Å². The van der Waals surface area contributed by atoms with Gasteiger partial charge in [0.2, 0.25) is 5.95 Å². The van der Waals surface area contributed by atoms with E-state index in [1.807, 2.05) is 61.5 Å². The molecule has 0 unspecified atom stereocenters. The fraction of sp³-hybridized carbons (Fsp3) is 0.241. The molecule has 2 aliphatic heterocycles. The van der Waals surface area contributed by atoms with E-state index in [0.29, 0.717) is 17.3 Å². The van der Waals surface area contributed by atoms with Crippen LogP contribution in [0.2, 0.25) is 0 Å². The highest BCUT2D eigenvalue weighted by molar-refractivity contribution is 6.47. The van der Waals surface area contributed by atoms with Gasteiger partial charge in [-0.1, -0.05) is 30.3 Å². The number of fused-ring (bicyclic) bond motifs is 3. The Morgan fingerprint density at radius 1 is 1.03 bits per heavy atom. The van der Waals surface area contributed by atoms with Crippen LogP contribution in [0.25, 0.3) is 11.1 Å². The summed E-state index contributed by atoms with van der Waals surface area (Å²) in [7, 11) is 1.80. The summed E-state index contributed by atoms with van der Waals surface area (Å²) in [6.45, 7) is 4.15. The second-order valence-electron chi connectivity index (χ2n) is 9.80. The zero-order chi connectivity index (χ0) is 26.4. The van der Waals surface area contributed by atoms with Crippen molar-refractivity contribution in [1.29, 1.82) is 0 Å². The molecule has 1 atom stereocenters. The van der Waals surface area contributed by atoms with Crippen LogP contribution in [0.4, 0.5) is 21.7 Å². The number of rotatable bonds is 5. The van der Waals surface area contributed by atoms with Crippen LogP contribution >= 0.6 is 0 Å². The molecular weight excluding hydrogens is 483 g/mol. The molecule has 2 aromatic carbocycles. The van der Waals surface area contributed by atoms with E-state index in [2.05, 4.69) is 25.1 Å². The fourth-order valence-corrected chi connectivity index (χ4v) is 5.50. The number of carbonyl (C=O) groups is 2. The van der Waals surface area contributed by atoms with E-state index >= 15 is 0 Å². The third kappa shape index (κ3) is 4.19. The van der Waals surface area contributed by atoms with Gasteiger partial charge < -0.3 is 19.7 Å². The van der Waals surface area contributed by atoms with Gasteiger partial charge in [-0.3, -0.25) is 9.59 Å². The second kappa shape index (κ2) is 9.41. The first-order valence-corrected chi connectivity index (χ1v) is 12.6. The SMILES string of the molecule is Cc1cc(-c2ccccc2)c(C(=O)C(=O)Nc2ccc3c(c2)C[C@@H]2CN(c4ncc(F)cn4)CCN32)n1C. The Morgan fingerprint density at radius 2 is 1.79 bits per heavy atom. The largest absolute Gasteiger partial charge is 0.364 e. The lowest BCUT2D eigenvalue weighted by Gasteiger charge is -2.39. The molecule has 192 valence electrons. The highest BCUT2D eigenvalue weighted by Gasteiger charge is 2.35. The van der Waals surface area contributed by atoms with Gasteiger partial charge in [0.15, 0.2) is 5.82 Å². The maximum absolute atomic E-state index is 13.3. The molecule has 1 amide bonds. The van der Waals surface area contributed by atoms with Crippen LogP contribution in [0.5, 0.6) is 0 Å². The number of amides is 1. The number of aryl methyl sites for hydroxylation is 1. The molecule has 0 radical (unpaired) electrons. The molecule has 4 heterocycles. The number of carbonyl (C=O) groups excluding carboxylic acids is 2. The van der Waals surface area contributed by atoms with Crippen molar-refractivity contribution in [3.8, 4) is 11.1 Å². The average molecular weight is 511 g/mol. The normalized spacial score (nSPS) is 16.2. The lowest BCUT2D eigenvalue weighted by atomic mass is 10.0. The van der Waals surface area contributed by atoms with Gasteiger partial charge in [-0.2, -0.15) is 0 Å². The quantitative estimate of drug-likeness (QED) is 0.323. The molecule has 8 nitrogen and oxygen atoms in total. The van der Waals surface area contributed by atoms with Gasteiger partial charge in [0.1, 0.15) is 5.69 Å². The topological polar surface area (TPSA) is 83.4 Å². The maximum Gasteiger partial charge on any atom is 0.298 e. The average Bonchev–Trinajstić information content (AvgIpc) is 3.44. The number of aromatic nitrogens is 3. The molecule has 1 saturated heterocycles. The Bertz CT molecular complexity index is 1530. The highest BCUT2D eigenvalue weighted by Crippen LogP contribution is 2.36. The molecule has 38 heavy (non-hydrogen) atoms. The van der Waals surface area contributed by atoms with Gasteiger partial charge in [0, 0.05) is 49.3 Å². The predicted octanol–water partition coefficient (Wildman–Crippen LogP) is 4.00. The lowest BCUT2D eigenvalue weighted by Crippen LogP contribution is -2.52. The predicted molar refractivity (Wildman–Crippen MR) is 144 cm³/mol. The summed E-state index contributed by atoms with van der Waals surface area (Å²) in [5, 5.41) is 2.82. The zero-order valence-corrected chi connectivity index (χ0v) is 21.2. The number of ketones is 1. The number of nitrogens with zero attached hydrogens (tertiary/aromatic N) is 5. The molecule has 1 N–H and O–H groups in total. The molecule has 2 aliphatic rings. The van der Waals surface area contributed by atoms with E-state index in [4.69, 9.17) is 0 Å². The maximum atomic E-state index is 13.3. The third-order valence-electron chi connectivity index (χ3n) is 7.45. The molecule has 4 aromatic rings. The van der Waals surface area contributed by atoms with Gasteiger partial charge in [-0.15, -0.1) is 0 Å². The van der Waals surface area contributed by atoms with Crippen LogP contribution in [-0.2, 0) is 18.3 Å². The summed E-state index contributed by atoms with van der Waals surface area (Å²) >= 11 is 0. The summed E-state index contributed by atoms with van der Waals surface area (Å²) in [6.07, 6.45) is 3.17. The van der Waals surface area contributed by atoms with Crippen LogP contribution in [0.15, 0.2) is 67.0 Å². The number of hydrogen-bond acceptors (Lipinski definition) is 6. The molecule has 6 rings (SSSR count). The molecule has 0 saturated carbocycles. The monoisotopic (exact) mass is 510 g/mol. The molecule has 0 aliphatic carbocycles. The lowest BCUT2D eigenvalue weighted by molar-refractivity contribution is -0.112.